The first kappa shape index (κ1) is 62.9. The van der Waals surface area contributed by atoms with E-state index in [-0.39, 0.29) is 24.9 Å². The summed E-state index contributed by atoms with van der Waals surface area (Å²) < 4.78 is 5.97. The zero-order valence-electron chi connectivity index (χ0n) is 43.7. The van der Waals surface area contributed by atoms with Crippen molar-refractivity contribution in [2.24, 2.45) is 0 Å². The van der Waals surface area contributed by atoms with Crippen molar-refractivity contribution < 1.29 is 24.5 Å². The fourth-order valence-electron chi connectivity index (χ4n) is 9.49. The van der Waals surface area contributed by atoms with Crippen molar-refractivity contribution in [3.63, 3.8) is 0 Å². The molecule has 0 rings (SSSR count). The van der Waals surface area contributed by atoms with Gasteiger partial charge in [-0.2, -0.15) is 0 Å². The Morgan fingerprint density at radius 3 is 0.953 bits per heavy atom. The van der Waals surface area contributed by atoms with Crippen molar-refractivity contribution >= 4 is 11.9 Å². The number of rotatable bonds is 54. The monoisotopic (exact) mass is 906 g/mol. The first-order valence-corrected chi connectivity index (χ1v) is 29.3. The van der Waals surface area contributed by atoms with Crippen LogP contribution in [0, 0.1) is 0 Å². The van der Waals surface area contributed by atoms with Crippen molar-refractivity contribution in [2.75, 3.05) is 6.61 Å². The predicted molar refractivity (Wildman–Crippen MR) is 278 cm³/mol. The fraction of sp³-hybridized carbons (Fsp3) is 0.966. The number of nitrogens with one attached hydrogen (secondary N) is 1. The van der Waals surface area contributed by atoms with Gasteiger partial charge in [0, 0.05) is 6.42 Å². The Morgan fingerprint density at radius 2 is 0.656 bits per heavy atom. The molecule has 0 aliphatic rings. The lowest BCUT2D eigenvalue weighted by molar-refractivity contribution is -0.151. The Labute approximate surface area is 400 Å². The van der Waals surface area contributed by atoms with E-state index in [2.05, 4.69) is 26.1 Å². The average molecular weight is 907 g/mol. The third-order valence-corrected chi connectivity index (χ3v) is 13.9. The van der Waals surface area contributed by atoms with Crippen molar-refractivity contribution in [3.05, 3.63) is 0 Å². The molecule has 0 aliphatic heterocycles. The van der Waals surface area contributed by atoms with Crippen LogP contribution in [0.25, 0.3) is 0 Å². The smallest absolute Gasteiger partial charge is 0.306 e. The Morgan fingerprint density at radius 1 is 0.391 bits per heavy atom. The summed E-state index contributed by atoms with van der Waals surface area (Å²) >= 11 is 0. The van der Waals surface area contributed by atoms with E-state index in [1.807, 2.05) is 0 Å². The van der Waals surface area contributed by atoms with Gasteiger partial charge in [-0.15, -0.1) is 0 Å². The number of aliphatic hydroxyl groups is 2. The second-order valence-corrected chi connectivity index (χ2v) is 20.4. The van der Waals surface area contributed by atoms with E-state index in [0.29, 0.717) is 19.3 Å². The number of unbranched alkanes of at least 4 members (excludes halogenated alkanes) is 42. The quantitative estimate of drug-likeness (QED) is 0.0417. The van der Waals surface area contributed by atoms with E-state index in [1.165, 1.54) is 250 Å². The molecule has 0 saturated carbocycles. The van der Waals surface area contributed by atoms with Gasteiger partial charge in [-0.25, -0.2) is 0 Å². The minimum absolute atomic E-state index is 0.0885. The number of aliphatic hydroxyl groups excluding tert-OH is 2. The molecular formula is C58H115NO5. The molecule has 0 bridgehead atoms. The van der Waals surface area contributed by atoms with Crippen LogP contribution in [0.1, 0.15) is 335 Å². The van der Waals surface area contributed by atoms with Crippen LogP contribution < -0.4 is 5.32 Å². The molecule has 0 aliphatic carbocycles. The molecule has 0 aromatic heterocycles. The van der Waals surface area contributed by atoms with Crippen LogP contribution in [0.3, 0.4) is 0 Å². The summed E-state index contributed by atoms with van der Waals surface area (Å²) in [4.78, 5) is 26.3. The van der Waals surface area contributed by atoms with Gasteiger partial charge in [0.1, 0.15) is 6.10 Å². The zero-order chi connectivity index (χ0) is 46.7. The highest BCUT2D eigenvalue weighted by Gasteiger charge is 2.24. The lowest BCUT2D eigenvalue weighted by Crippen LogP contribution is -2.46. The molecule has 0 saturated heterocycles. The summed E-state index contributed by atoms with van der Waals surface area (Å²) in [5.74, 6) is -0.444. The highest BCUT2D eigenvalue weighted by Crippen LogP contribution is 2.19. The molecule has 1 amide bonds. The predicted octanol–water partition coefficient (Wildman–Crippen LogP) is 17.9. The van der Waals surface area contributed by atoms with E-state index in [9.17, 15) is 19.8 Å². The minimum Gasteiger partial charge on any atom is -0.462 e. The summed E-state index contributed by atoms with van der Waals surface area (Å²) in [5.41, 5.74) is 0. The van der Waals surface area contributed by atoms with E-state index in [4.69, 9.17) is 4.74 Å². The molecule has 6 heteroatoms. The molecule has 0 aromatic carbocycles. The molecule has 0 spiro atoms. The highest BCUT2D eigenvalue weighted by molar-refractivity contribution is 5.77. The number of hydrogen-bond donors (Lipinski definition) is 3. The van der Waals surface area contributed by atoms with E-state index in [1.54, 1.807) is 0 Å². The lowest BCUT2D eigenvalue weighted by Gasteiger charge is -2.24. The molecular weight excluding hydrogens is 791 g/mol. The number of hydrogen-bond acceptors (Lipinski definition) is 5. The van der Waals surface area contributed by atoms with Crippen molar-refractivity contribution in [1.82, 2.24) is 5.32 Å². The third kappa shape index (κ3) is 47.4. The van der Waals surface area contributed by atoms with Gasteiger partial charge in [0.05, 0.1) is 25.2 Å². The zero-order valence-corrected chi connectivity index (χ0v) is 43.7. The third-order valence-electron chi connectivity index (χ3n) is 13.9. The summed E-state index contributed by atoms with van der Waals surface area (Å²) in [6, 6.07) is -0.693. The van der Waals surface area contributed by atoms with Gasteiger partial charge in [0.2, 0.25) is 5.91 Å². The maximum Gasteiger partial charge on any atom is 0.306 e. The molecule has 3 unspecified atom stereocenters. The van der Waals surface area contributed by atoms with Gasteiger partial charge in [0.25, 0.3) is 0 Å². The Hall–Kier alpha value is -1.14. The number of ether oxygens (including phenoxy) is 1. The SMILES string of the molecule is CCCCCCCCCCCCCCCCCCCCC(=O)OC(CCCCCCCCCCCCCCC)CC(=O)NC(CO)C(O)CCCCCCCCCCCCCCCC. The second-order valence-electron chi connectivity index (χ2n) is 20.4. The number of esters is 1. The summed E-state index contributed by atoms with van der Waals surface area (Å²) in [7, 11) is 0. The minimum atomic E-state index is -0.780. The number of carbonyl (C=O) groups is 2. The Kier molecular flexibility index (Phi) is 51.9. The molecule has 64 heavy (non-hydrogen) atoms. The van der Waals surface area contributed by atoms with E-state index in [0.717, 1.165) is 38.5 Å². The number of amides is 1. The van der Waals surface area contributed by atoms with Crippen molar-refractivity contribution in [2.45, 2.75) is 354 Å². The maximum absolute atomic E-state index is 13.3. The summed E-state index contributed by atoms with van der Waals surface area (Å²) in [5, 5.41) is 23.9. The van der Waals surface area contributed by atoms with Crippen LogP contribution in [0.4, 0.5) is 0 Å². The molecule has 0 fully saturated rings. The molecule has 0 radical (unpaired) electrons. The Balaban J connectivity index is 4.44. The van der Waals surface area contributed by atoms with Gasteiger partial charge in [-0.05, 0) is 25.7 Å². The number of carbonyl (C=O) groups excluding carboxylic acids is 2. The highest BCUT2D eigenvalue weighted by atomic mass is 16.5. The first-order chi connectivity index (χ1) is 31.5. The van der Waals surface area contributed by atoms with Crippen molar-refractivity contribution in [3.8, 4) is 0 Å². The molecule has 6 nitrogen and oxygen atoms in total. The second kappa shape index (κ2) is 52.8. The summed E-state index contributed by atoms with van der Waals surface area (Å²) in [6.45, 7) is 6.54. The van der Waals surface area contributed by atoms with Crippen LogP contribution in [0.2, 0.25) is 0 Å². The fourth-order valence-corrected chi connectivity index (χ4v) is 9.49. The lowest BCUT2D eigenvalue weighted by atomic mass is 10.0. The van der Waals surface area contributed by atoms with Gasteiger partial charge in [-0.1, -0.05) is 297 Å². The van der Waals surface area contributed by atoms with Crippen LogP contribution in [-0.2, 0) is 14.3 Å². The topological polar surface area (TPSA) is 95.9 Å². The van der Waals surface area contributed by atoms with Crippen molar-refractivity contribution in [1.29, 1.82) is 0 Å². The molecule has 0 heterocycles. The average Bonchev–Trinajstić information content (AvgIpc) is 3.29. The van der Waals surface area contributed by atoms with Crippen LogP contribution >= 0.6 is 0 Å². The molecule has 382 valence electrons. The van der Waals surface area contributed by atoms with Gasteiger partial charge in [0.15, 0.2) is 0 Å². The van der Waals surface area contributed by atoms with Crippen LogP contribution in [0.5, 0.6) is 0 Å². The summed E-state index contributed by atoms with van der Waals surface area (Å²) in [6.07, 6.45) is 58.8. The van der Waals surface area contributed by atoms with Gasteiger partial charge < -0.3 is 20.3 Å². The Bertz CT molecular complexity index is 928. The van der Waals surface area contributed by atoms with Gasteiger partial charge >= 0.3 is 5.97 Å². The van der Waals surface area contributed by atoms with Gasteiger partial charge in [-0.3, -0.25) is 9.59 Å². The standard InChI is InChI=1S/C58H115NO5/c1-4-7-10-13-16-19-22-25-27-28-29-30-33-36-39-42-45-48-51-58(63)64-54(49-46-43-40-37-34-31-24-21-18-15-12-9-6-3)52-57(62)59-55(53-60)56(61)50-47-44-41-38-35-32-26-23-20-17-14-11-8-5-2/h54-56,60-61H,4-53H2,1-3H3,(H,59,62). The molecule has 3 atom stereocenters. The normalized spacial score (nSPS) is 13.0. The van der Waals surface area contributed by atoms with Crippen LogP contribution in [0.15, 0.2) is 0 Å². The van der Waals surface area contributed by atoms with E-state index >= 15 is 0 Å². The van der Waals surface area contributed by atoms with Crippen LogP contribution in [-0.4, -0.2) is 46.9 Å². The molecule has 0 aromatic rings. The first-order valence-electron chi connectivity index (χ1n) is 29.3. The largest absolute Gasteiger partial charge is 0.462 e. The maximum atomic E-state index is 13.3. The molecule has 3 N–H and O–H groups in total. The van der Waals surface area contributed by atoms with E-state index < -0.39 is 18.2 Å².